The molecule has 124 valence electrons. The zero-order valence-corrected chi connectivity index (χ0v) is 14.2. The Bertz CT molecular complexity index is 948. The van der Waals surface area contributed by atoms with Crippen LogP contribution in [0.1, 0.15) is 37.7 Å². The Morgan fingerprint density at radius 3 is 2.62 bits per heavy atom. The van der Waals surface area contributed by atoms with Gasteiger partial charge in [-0.05, 0) is 19.1 Å². The number of rotatable bonds is 4. The van der Waals surface area contributed by atoms with E-state index in [0.29, 0.717) is 16.0 Å². The van der Waals surface area contributed by atoms with Crippen LogP contribution in [0, 0.1) is 0 Å². The van der Waals surface area contributed by atoms with Crippen LogP contribution >= 0.6 is 11.3 Å². The molecule has 0 aliphatic rings. The van der Waals surface area contributed by atoms with Crippen molar-refractivity contribution in [3.05, 3.63) is 39.6 Å². The summed E-state index contributed by atoms with van der Waals surface area (Å²) in [5, 5.41) is 20.1. The number of nitrogens with one attached hydrogen (secondary N) is 1. The lowest BCUT2D eigenvalue weighted by atomic mass is 10.2. The lowest BCUT2D eigenvalue weighted by Crippen LogP contribution is -2.34. The van der Waals surface area contributed by atoms with E-state index in [-0.39, 0.29) is 11.5 Å². The molecule has 1 amide bonds. The van der Waals surface area contributed by atoms with Crippen LogP contribution in [0.15, 0.2) is 29.1 Å². The van der Waals surface area contributed by atoms with Crippen molar-refractivity contribution >= 4 is 33.3 Å². The average molecular weight is 344 g/mol. The van der Waals surface area contributed by atoms with Crippen LogP contribution in [0.3, 0.4) is 0 Å². The molecule has 9 heteroatoms. The largest absolute Gasteiger partial charge is 0.299 e. The standard InChI is InChI=1S/C15H16N6O2S/c1-8(2)13-18-19-15(24-13)16-12(22)9(3)21-14(23)10-6-4-5-7-11(10)17-20-21/h4-9H,1-3H3,(H,16,19,22)/t9-/m0/s1. The zero-order chi connectivity index (χ0) is 17.3. The number of amides is 1. The van der Waals surface area contributed by atoms with Crippen molar-refractivity contribution in [2.75, 3.05) is 5.32 Å². The van der Waals surface area contributed by atoms with Gasteiger partial charge in [-0.2, -0.15) is 4.68 Å². The maximum absolute atomic E-state index is 12.5. The minimum Gasteiger partial charge on any atom is -0.299 e. The molecule has 2 aromatic heterocycles. The molecule has 1 aromatic carbocycles. The molecule has 24 heavy (non-hydrogen) atoms. The second-order valence-corrected chi connectivity index (χ2v) is 6.63. The second kappa shape index (κ2) is 6.44. The van der Waals surface area contributed by atoms with Gasteiger partial charge >= 0.3 is 0 Å². The molecule has 0 radical (unpaired) electrons. The Labute approximate surface area is 141 Å². The number of carbonyl (C=O) groups is 1. The van der Waals surface area contributed by atoms with E-state index >= 15 is 0 Å². The molecule has 0 aliphatic heterocycles. The lowest BCUT2D eigenvalue weighted by molar-refractivity contribution is -0.119. The third kappa shape index (κ3) is 3.02. The predicted molar refractivity (Wildman–Crippen MR) is 91.1 cm³/mol. The molecule has 3 aromatic rings. The van der Waals surface area contributed by atoms with Gasteiger partial charge in [-0.15, -0.1) is 15.3 Å². The van der Waals surface area contributed by atoms with Gasteiger partial charge in [0.1, 0.15) is 16.6 Å². The van der Waals surface area contributed by atoms with Crippen LogP contribution < -0.4 is 10.9 Å². The van der Waals surface area contributed by atoms with Gasteiger partial charge in [0.2, 0.25) is 5.13 Å². The lowest BCUT2D eigenvalue weighted by Gasteiger charge is -2.12. The Hall–Kier alpha value is -2.68. The summed E-state index contributed by atoms with van der Waals surface area (Å²) >= 11 is 1.31. The first kappa shape index (κ1) is 16.2. The topological polar surface area (TPSA) is 103 Å². The molecule has 0 spiro atoms. The van der Waals surface area contributed by atoms with Gasteiger partial charge in [-0.1, -0.05) is 42.5 Å². The van der Waals surface area contributed by atoms with Crippen LogP contribution in [0.5, 0.6) is 0 Å². The van der Waals surface area contributed by atoms with Gasteiger partial charge in [0.15, 0.2) is 0 Å². The summed E-state index contributed by atoms with van der Waals surface area (Å²) in [5.74, 6) is -0.160. The summed E-state index contributed by atoms with van der Waals surface area (Å²) in [4.78, 5) is 24.9. The second-order valence-electron chi connectivity index (χ2n) is 5.62. The van der Waals surface area contributed by atoms with Crippen molar-refractivity contribution in [1.82, 2.24) is 25.2 Å². The van der Waals surface area contributed by atoms with E-state index < -0.39 is 11.9 Å². The summed E-state index contributed by atoms with van der Waals surface area (Å²) in [5.41, 5.74) is 0.139. The van der Waals surface area contributed by atoms with E-state index in [0.717, 1.165) is 9.69 Å². The minimum atomic E-state index is -0.819. The summed E-state index contributed by atoms with van der Waals surface area (Å²) in [6, 6.07) is 6.06. The Morgan fingerprint density at radius 1 is 1.17 bits per heavy atom. The number of hydrogen-bond acceptors (Lipinski definition) is 7. The maximum Gasteiger partial charge on any atom is 0.278 e. The van der Waals surface area contributed by atoms with Crippen molar-refractivity contribution in [2.45, 2.75) is 32.7 Å². The fraction of sp³-hybridized carbons (Fsp3) is 0.333. The van der Waals surface area contributed by atoms with Gasteiger partial charge < -0.3 is 0 Å². The highest BCUT2D eigenvalue weighted by atomic mass is 32.1. The van der Waals surface area contributed by atoms with Crippen LogP contribution in [-0.4, -0.2) is 31.1 Å². The first-order chi connectivity index (χ1) is 11.5. The molecule has 2 heterocycles. The number of aromatic nitrogens is 5. The van der Waals surface area contributed by atoms with Crippen LogP contribution in [0.4, 0.5) is 5.13 Å². The number of nitrogens with zero attached hydrogens (tertiary/aromatic N) is 5. The smallest absolute Gasteiger partial charge is 0.278 e. The molecule has 0 saturated heterocycles. The number of anilines is 1. The predicted octanol–water partition coefficient (Wildman–Crippen LogP) is 1.97. The van der Waals surface area contributed by atoms with E-state index in [1.54, 1.807) is 31.2 Å². The van der Waals surface area contributed by atoms with E-state index in [1.807, 2.05) is 13.8 Å². The number of benzene rings is 1. The monoisotopic (exact) mass is 344 g/mol. The summed E-state index contributed by atoms with van der Waals surface area (Å²) in [6.45, 7) is 5.59. The Kier molecular flexibility index (Phi) is 4.34. The van der Waals surface area contributed by atoms with Crippen LogP contribution in [-0.2, 0) is 4.79 Å². The van der Waals surface area contributed by atoms with Crippen molar-refractivity contribution < 1.29 is 4.79 Å². The summed E-state index contributed by atoms with van der Waals surface area (Å²) in [6.07, 6.45) is 0. The highest BCUT2D eigenvalue weighted by molar-refractivity contribution is 7.15. The molecule has 0 bridgehead atoms. The number of fused-ring (bicyclic) bond motifs is 1. The summed E-state index contributed by atoms with van der Waals surface area (Å²) < 4.78 is 1.07. The molecule has 0 saturated carbocycles. The average Bonchev–Trinajstić information content (AvgIpc) is 3.03. The normalized spacial score (nSPS) is 12.5. The summed E-state index contributed by atoms with van der Waals surface area (Å²) in [7, 11) is 0. The van der Waals surface area contributed by atoms with Crippen molar-refractivity contribution in [1.29, 1.82) is 0 Å². The third-order valence-electron chi connectivity index (χ3n) is 3.50. The van der Waals surface area contributed by atoms with Crippen molar-refractivity contribution in [2.24, 2.45) is 0 Å². The van der Waals surface area contributed by atoms with Crippen LogP contribution in [0.2, 0.25) is 0 Å². The quantitative estimate of drug-likeness (QED) is 0.776. The number of hydrogen-bond donors (Lipinski definition) is 1. The Morgan fingerprint density at radius 2 is 1.92 bits per heavy atom. The van der Waals surface area contributed by atoms with Crippen molar-refractivity contribution in [3.63, 3.8) is 0 Å². The van der Waals surface area contributed by atoms with Gasteiger partial charge in [0.05, 0.1) is 5.39 Å². The van der Waals surface area contributed by atoms with Gasteiger partial charge in [0.25, 0.3) is 11.5 Å². The molecular formula is C15H16N6O2S. The molecule has 3 rings (SSSR count). The van der Waals surface area contributed by atoms with Gasteiger partial charge in [-0.3, -0.25) is 14.9 Å². The van der Waals surface area contributed by atoms with Gasteiger partial charge in [0, 0.05) is 5.92 Å². The molecule has 0 fully saturated rings. The molecule has 8 nitrogen and oxygen atoms in total. The molecule has 0 aliphatic carbocycles. The minimum absolute atomic E-state index is 0.236. The van der Waals surface area contributed by atoms with E-state index in [9.17, 15) is 9.59 Å². The highest BCUT2D eigenvalue weighted by Gasteiger charge is 2.21. The van der Waals surface area contributed by atoms with E-state index in [4.69, 9.17) is 0 Å². The third-order valence-corrected chi connectivity index (χ3v) is 4.64. The molecular weight excluding hydrogens is 328 g/mol. The van der Waals surface area contributed by atoms with E-state index in [2.05, 4.69) is 25.8 Å². The number of carbonyl (C=O) groups excluding carboxylic acids is 1. The molecule has 0 unspecified atom stereocenters. The fourth-order valence-electron chi connectivity index (χ4n) is 2.09. The van der Waals surface area contributed by atoms with E-state index in [1.165, 1.54) is 11.3 Å². The molecule has 1 N–H and O–H groups in total. The maximum atomic E-state index is 12.5. The SMILES string of the molecule is CC(C)c1nnc(NC(=O)[C@H](C)n2nnc3ccccc3c2=O)s1. The van der Waals surface area contributed by atoms with Crippen molar-refractivity contribution in [3.8, 4) is 0 Å². The first-order valence-corrected chi connectivity index (χ1v) is 8.27. The highest BCUT2D eigenvalue weighted by Crippen LogP contribution is 2.23. The molecule has 1 atom stereocenters. The zero-order valence-electron chi connectivity index (χ0n) is 13.4. The Balaban J connectivity index is 1.85. The first-order valence-electron chi connectivity index (χ1n) is 7.46. The fourth-order valence-corrected chi connectivity index (χ4v) is 2.84. The van der Waals surface area contributed by atoms with Crippen LogP contribution in [0.25, 0.3) is 10.9 Å². The van der Waals surface area contributed by atoms with Gasteiger partial charge in [-0.25, -0.2) is 0 Å².